The number of pyridine rings is 1. The van der Waals surface area contributed by atoms with Crippen molar-refractivity contribution >= 4 is 21.9 Å². The fourth-order valence-electron chi connectivity index (χ4n) is 1.32. The minimum absolute atomic E-state index is 0.0402. The predicted octanol–water partition coefficient (Wildman–Crippen LogP) is -0.709. The second kappa shape index (κ2) is 6.44. The van der Waals surface area contributed by atoms with E-state index in [0.29, 0.717) is 0 Å². The van der Waals surface area contributed by atoms with Crippen LogP contribution in [-0.2, 0) is 19.6 Å². The van der Waals surface area contributed by atoms with Crippen molar-refractivity contribution in [2.45, 2.75) is 17.9 Å². The Morgan fingerprint density at radius 2 is 2.15 bits per heavy atom. The van der Waals surface area contributed by atoms with Gasteiger partial charge in [-0.1, -0.05) is 0 Å². The minimum atomic E-state index is -3.83. The second-order valence-corrected chi connectivity index (χ2v) is 6.12. The Labute approximate surface area is 116 Å². The molecule has 0 aliphatic heterocycles. The summed E-state index contributed by atoms with van der Waals surface area (Å²) in [6.07, 6.45) is 2.60. The Hall–Kier alpha value is -2.00. The largest absolute Gasteiger partial charge is 0.480 e. The lowest BCUT2D eigenvalue weighted by Crippen LogP contribution is -2.44. The van der Waals surface area contributed by atoms with Gasteiger partial charge < -0.3 is 10.4 Å². The summed E-state index contributed by atoms with van der Waals surface area (Å²) in [4.78, 5) is 25.8. The fraction of sp³-hybridized carbons (Fsp3) is 0.364. The van der Waals surface area contributed by atoms with E-state index < -0.39 is 34.5 Å². The van der Waals surface area contributed by atoms with E-state index in [1.165, 1.54) is 38.5 Å². The third-order valence-corrected chi connectivity index (χ3v) is 4.24. The maximum Gasteiger partial charge on any atom is 0.325 e. The number of carbonyl (C=O) groups is 2. The van der Waals surface area contributed by atoms with E-state index in [1.54, 1.807) is 0 Å². The third kappa shape index (κ3) is 4.00. The van der Waals surface area contributed by atoms with Crippen molar-refractivity contribution in [1.29, 1.82) is 0 Å². The first-order valence-electron chi connectivity index (χ1n) is 5.63. The Morgan fingerprint density at radius 3 is 2.65 bits per heavy atom. The molecule has 20 heavy (non-hydrogen) atoms. The number of carboxylic acids is 1. The maximum absolute atomic E-state index is 12.1. The summed E-state index contributed by atoms with van der Waals surface area (Å²) in [5.41, 5.74) is 0. The minimum Gasteiger partial charge on any atom is -0.480 e. The van der Waals surface area contributed by atoms with Crippen LogP contribution in [-0.4, -0.2) is 54.3 Å². The lowest BCUT2D eigenvalue weighted by atomic mass is 10.3. The highest BCUT2D eigenvalue weighted by Crippen LogP contribution is 2.11. The smallest absolute Gasteiger partial charge is 0.325 e. The number of nitrogens with zero attached hydrogens (tertiary/aromatic N) is 2. The Morgan fingerprint density at radius 1 is 1.50 bits per heavy atom. The van der Waals surface area contributed by atoms with E-state index in [9.17, 15) is 18.0 Å². The highest BCUT2D eigenvalue weighted by molar-refractivity contribution is 7.89. The van der Waals surface area contributed by atoms with Gasteiger partial charge in [-0.3, -0.25) is 14.6 Å². The molecule has 8 nitrogen and oxygen atoms in total. The molecule has 0 saturated heterocycles. The quantitative estimate of drug-likeness (QED) is 0.717. The van der Waals surface area contributed by atoms with E-state index in [-0.39, 0.29) is 4.90 Å². The van der Waals surface area contributed by atoms with Gasteiger partial charge in [0.2, 0.25) is 15.9 Å². The topological polar surface area (TPSA) is 117 Å². The lowest BCUT2D eigenvalue weighted by Gasteiger charge is -2.17. The van der Waals surface area contributed by atoms with Crippen LogP contribution >= 0.6 is 0 Å². The monoisotopic (exact) mass is 301 g/mol. The summed E-state index contributed by atoms with van der Waals surface area (Å²) in [5.74, 6) is -1.90. The first-order valence-corrected chi connectivity index (χ1v) is 7.07. The summed E-state index contributed by atoms with van der Waals surface area (Å²) in [5, 5.41) is 10.8. The molecule has 0 fully saturated rings. The highest BCUT2D eigenvalue weighted by atomic mass is 32.2. The molecule has 1 amide bonds. The van der Waals surface area contributed by atoms with Crippen molar-refractivity contribution in [3.63, 3.8) is 0 Å². The Kier molecular flexibility index (Phi) is 5.17. The van der Waals surface area contributed by atoms with E-state index in [0.717, 1.165) is 4.31 Å². The van der Waals surface area contributed by atoms with Gasteiger partial charge in [0.25, 0.3) is 0 Å². The number of aromatic nitrogens is 1. The molecule has 0 saturated carbocycles. The molecule has 0 bridgehead atoms. The number of likely N-dealkylation sites (N-methyl/N-ethyl adjacent to an activating group) is 1. The van der Waals surface area contributed by atoms with Crippen LogP contribution in [0.25, 0.3) is 0 Å². The number of hydrogen-bond donors (Lipinski definition) is 2. The summed E-state index contributed by atoms with van der Waals surface area (Å²) in [7, 11) is -2.60. The van der Waals surface area contributed by atoms with Crippen LogP contribution in [0.3, 0.4) is 0 Å². The number of aliphatic carboxylic acids is 1. The first kappa shape index (κ1) is 16.1. The standard InChI is InChI=1S/C11H15N3O5S/c1-8(11(16)17)13-10(15)7-14(2)20(18,19)9-4-3-5-12-6-9/h3-6,8H,7H2,1-2H3,(H,13,15)(H,16,17)/t8-/m0/s1. The Balaban J connectivity index is 2.74. The van der Waals surface area contributed by atoms with Crippen LogP contribution < -0.4 is 5.32 Å². The van der Waals surface area contributed by atoms with Gasteiger partial charge in [0.05, 0.1) is 6.54 Å². The van der Waals surface area contributed by atoms with E-state index in [1.807, 2.05) is 0 Å². The number of hydrogen-bond acceptors (Lipinski definition) is 5. The van der Waals surface area contributed by atoms with Gasteiger partial charge in [0.15, 0.2) is 0 Å². The maximum atomic E-state index is 12.1. The van der Waals surface area contributed by atoms with Crippen molar-refractivity contribution in [3.8, 4) is 0 Å². The van der Waals surface area contributed by atoms with Gasteiger partial charge >= 0.3 is 5.97 Å². The van der Waals surface area contributed by atoms with Crippen LogP contribution in [0.5, 0.6) is 0 Å². The summed E-state index contributed by atoms with van der Waals surface area (Å²) >= 11 is 0. The molecular weight excluding hydrogens is 286 g/mol. The number of amides is 1. The number of rotatable bonds is 6. The molecule has 0 aliphatic rings. The molecule has 1 rings (SSSR count). The van der Waals surface area contributed by atoms with E-state index in [4.69, 9.17) is 5.11 Å². The Bertz CT molecular complexity index is 587. The van der Waals surface area contributed by atoms with Crippen LogP contribution in [0, 0.1) is 0 Å². The highest BCUT2D eigenvalue weighted by Gasteiger charge is 2.24. The van der Waals surface area contributed by atoms with Gasteiger partial charge in [-0.05, 0) is 19.1 Å². The fourth-order valence-corrected chi connectivity index (χ4v) is 2.41. The molecule has 0 radical (unpaired) electrons. The van der Waals surface area contributed by atoms with Crippen molar-refractivity contribution in [2.24, 2.45) is 0 Å². The van der Waals surface area contributed by atoms with E-state index >= 15 is 0 Å². The summed E-state index contributed by atoms with van der Waals surface area (Å²) in [6, 6.07) is 1.74. The van der Waals surface area contributed by atoms with Gasteiger partial charge in [-0.2, -0.15) is 4.31 Å². The number of carbonyl (C=O) groups excluding carboxylic acids is 1. The number of carboxylic acid groups (broad SMARTS) is 1. The zero-order valence-electron chi connectivity index (χ0n) is 11.0. The summed E-state index contributed by atoms with van der Waals surface area (Å²) in [6.45, 7) is 0.810. The van der Waals surface area contributed by atoms with Gasteiger partial charge in [-0.25, -0.2) is 8.42 Å². The van der Waals surface area contributed by atoms with Crippen molar-refractivity contribution in [3.05, 3.63) is 24.5 Å². The average Bonchev–Trinajstić information content (AvgIpc) is 2.39. The molecule has 0 aliphatic carbocycles. The SMILES string of the molecule is C[C@H](NC(=O)CN(C)S(=O)(=O)c1cccnc1)C(=O)O. The molecule has 9 heteroatoms. The van der Waals surface area contributed by atoms with Gasteiger partial charge in [0.1, 0.15) is 10.9 Å². The molecule has 0 unspecified atom stereocenters. The average molecular weight is 301 g/mol. The molecule has 1 heterocycles. The molecule has 0 spiro atoms. The number of nitrogens with one attached hydrogen (secondary N) is 1. The van der Waals surface area contributed by atoms with Crippen molar-refractivity contribution in [2.75, 3.05) is 13.6 Å². The molecule has 0 aromatic carbocycles. The molecule has 1 aromatic heterocycles. The molecule has 1 atom stereocenters. The van der Waals surface area contributed by atoms with E-state index in [2.05, 4.69) is 10.3 Å². The zero-order valence-corrected chi connectivity index (χ0v) is 11.8. The van der Waals surface area contributed by atoms with Gasteiger partial charge in [-0.15, -0.1) is 0 Å². The summed E-state index contributed by atoms with van der Waals surface area (Å²) < 4.78 is 25.0. The van der Waals surface area contributed by atoms with Crippen LogP contribution in [0.2, 0.25) is 0 Å². The number of sulfonamides is 1. The first-order chi connectivity index (χ1) is 9.25. The second-order valence-electron chi connectivity index (χ2n) is 4.08. The molecule has 110 valence electrons. The van der Waals surface area contributed by atoms with Crippen LogP contribution in [0.1, 0.15) is 6.92 Å². The molecule has 1 aromatic rings. The molecular formula is C11H15N3O5S. The normalized spacial score (nSPS) is 12.9. The van der Waals surface area contributed by atoms with Crippen LogP contribution in [0.15, 0.2) is 29.4 Å². The van der Waals surface area contributed by atoms with Crippen molar-refractivity contribution in [1.82, 2.24) is 14.6 Å². The zero-order chi connectivity index (χ0) is 15.3. The predicted molar refractivity (Wildman–Crippen MR) is 69.3 cm³/mol. The van der Waals surface area contributed by atoms with Crippen LogP contribution in [0.4, 0.5) is 0 Å². The molecule has 2 N–H and O–H groups in total. The lowest BCUT2D eigenvalue weighted by molar-refractivity contribution is -0.141. The van der Waals surface area contributed by atoms with Gasteiger partial charge in [0, 0.05) is 19.4 Å². The third-order valence-electron chi connectivity index (χ3n) is 2.46. The van der Waals surface area contributed by atoms with Crippen molar-refractivity contribution < 1.29 is 23.1 Å².